The summed E-state index contributed by atoms with van der Waals surface area (Å²) in [6.07, 6.45) is 0.193. The molecule has 17 heavy (non-hydrogen) atoms. The van der Waals surface area contributed by atoms with Gasteiger partial charge in [0.05, 0.1) is 12.5 Å². The monoisotopic (exact) mass is 243 g/mol. The number of rotatable bonds is 5. The van der Waals surface area contributed by atoms with Crippen LogP contribution in [0.5, 0.6) is 0 Å². The van der Waals surface area contributed by atoms with Crippen molar-refractivity contribution in [3.8, 4) is 0 Å². The van der Waals surface area contributed by atoms with Gasteiger partial charge in [0.1, 0.15) is 0 Å². The van der Waals surface area contributed by atoms with Gasteiger partial charge in [-0.1, -0.05) is 0 Å². The van der Waals surface area contributed by atoms with Crippen molar-refractivity contribution in [3.63, 3.8) is 0 Å². The first-order valence-corrected chi connectivity index (χ1v) is 5.56. The Morgan fingerprint density at radius 1 is 1.53 bits per heavy atom. The van der Waals surface area contributed by atoms with E-state index in [-0.39, 0.29) is 24.9 Å². The van der Waals surface area contributed by atoms with Gasteiger partial charge in [-0.05, 0) is 6.92 Å². The molecule has 0 spiro atoms. The van der Waals surface area contributed by atoms with Crippen molar-refractivity contribution in [2.24, 2.45) is 0 Å². The van der Waals surface area contributed by atoms with Crippen LogP contribution in [0, 0.1) is 0 Å². The van der Waals surface area contributed by atoms with Gasteiger partial charge >= 0.3 is 12.0 Å². The second kappa shape index (κ2) is 6.07. The molecular formula is C10H17N3O4. The summed E-state index contributed by atoms with van der Waals surface area (Å²) in [7, 11) is 0. The Labute approximate surface area is 99.2 Å². The van der Waals surface area contributed by atoms with E-state index in [2.05, 4.69) is 10.6 Å². The van der Waals surface area contributed by atoms with Crippen LogP contribution in [-0.2, 0) is 9.59 Å². The minimum atomic E-state index is -0.960. The van der Waals surface area contributed by atoms with Crippen LogP contribution in [0.3, 0.4) is 0 Å². The van der Waals surface area contributed by atoms with Crippen LogP contribution in [0.2, 0.25) is 0 Å². The van der Waals surface area contributed by atoms with E-state index in [1.165, 1.54) is 0 Å². The van der Waals surface area contributed by atoms with E-state index in [4.69, 9.17) is 5.11 Å². The number of likely N-dealkylation sites (N-methyl/N-ethyl adjacent to an activating group) is 1. The number of hydrogen-bond donors (Lipinski definition) is 3. The third kappa shape index (κ3) is 4.29. The molecule has 0 aliphatic carbocycles. The molecule has 0 aromatic heterocycles. The summed E-state index contributed by atoms with van der Waals surface area (Å²) in [5.41, 5.74) is 0. The first-order valence-electron chi connectivity index (χ1n) is 5.56. The Kier molecular flexibility index (Phi) is 4.74. The summed E-state index contributed by atoms with van der Waals surface area (Å²) < 4.78 is 0. The van der Waals surface area contributed by atoms with Crippen LogP contribution >= 0.6 is 0 Å². The number of likely N-dealkylation sites (tertiary alicyclic amines) is 1. The van der Waals surface area contributed by atoms with Crippen LogP contribution in [0.1, 0.15) is 19.8 Å². The molecule has 1 saturated heterocycles. The molecule has 1 aliphatic heterocycles. The number of carboxylic acid groups (broad SMARTS) is 1. The van der Waals surface area contributed by atoms with Gasteiger partial charge in [0.15, 0.2) is 0 Å². The van der Waals surface area contributed by atoms with Crippen molar-refractivity contribution in [2.45, 2.75) is 25.8 Å². The zero-order valence-electron chi connectivity index (χ0n) is 9.73. The van der Waals surface area contributed by atoms with Crippen LogP contribution < -0.4 is 10.6 Å². The highest BCUT2D eigenvalue weighted by molar-refractivity contribution is 5.81. The second-order valence-electron chi connectivity index (χ2n) is 3.88. The number of hydrogen-bond acceptors (Lipinski definition) is 3. The molecule has 1 heterocycles. The minimum absolute atomic E-state index is 0.0309. The average Bonchev–Trinajstić information content (AvgIpc) is 2.58. The Bertz CT molecular complexity index is 319. The second-order valence-corrected chi connectivity index (χ2v) is 3.88. The quantitative estimate of drug-likeness (QED) is 0.599. The fourth-order valence-electron chi connectivity index (χ4n) is 1.69. The van der Waals surface area contributed by atoms with Crippen molar-refractivity contribution < 1.29 is 19.5 Å². The van der Waals surface area contributed by atoms with Crippen LogP contribution in [0.15, 0.2) is 0 Å². The van der Waals surface area contributed by atoms with Gasteiger partial charge in [-0.2, -0.15) is 0 Å². The van der Waals surface area contributed by atoms with Crippen molar-refractivity contribution in [3.05, 3.63) is 0 Å². The fraction of sp³-hybridized carbons (Fsp3) is 0.700. The predicted molar refractivity (Wildman–Crippen MR) is 59.4 cm³/mol. The van der Waals surface area contributed by atoms with E-state index in [0.717, 1.165) is 0 Å². The molecule has 0 aromatic rings. The van der Waals surface area contributed by atoms with Crippen LogP contribution in [-0.4, -0.2) is 53.6 Å². The molecule has 0 saturated carbocycles. The van der Waals surface area contributed by atoms with Gasteiger partial charge in [0.2, 0.25) is 5.91 Å². The number of nitrogens with zero attached hydrogens (tertiary/aromatic N) is 1. The summed E-state index contributed by atoms with van der Waals surface area (Å²) in [6.45, 7) is 3.12. The molecule has 1 fully saturated rings. The first-order chi connectivity index (χ1) is 8.02. The predicted octanol–water partition coefficient (Wildman–Crippen LogP) is -0.619. The molecule has 1 aliphatic rings. The zero-order chi connectivity index (χ0) is 12.8. The van der Waals surface area contributed by atoms with E-state index < -0.39 is 12.0 Å². The van der Waals surface area contributed by atoms with E-state index >= 15 is 0 Å². The Hall–Kier alpha value is -1.79. The maximum Gasteiger partial charge on any atom is 0.315 e. The number of carbonyl (C=O) groups is 3. The summed E-state index contributed by atoms with van der Waals surface area (Å²) in [5.74, 6) is -0.929. The lowest BCUT2D eigenvalue weighted by Gasteiger charge is -2.14. The molecule has 1 rings (SSSR count). The maximum absolute atomic E-state index is 11.4. The largest absolute Gasteiger partial charge is 0.481 e. The van der Waals surface area contributed by atoms with Crippen molar-refractivity contribution in [1.82, 2.24) is 15.5 Å². The molecule has 7 nitrogen and oxygen atoms in total. The smallest absolute Gasteiger partial charge is 0.315 e. The lowest BCUT2D eigenvalue weighted by atomic mass is 10.2. The fourth-order valence-corrected chi connectivity index (χ4v) is 1.69. The molecule has 3 N–H and O–H groups in total. The molecule has 0 bridgehead atoms. The molecule has 1 atom stereocenters. The Morgan fingerprint density at radius 3 is 2.76 bits per heavy atom. The summed E-state index contributed by atoms with van der Waals surface area (Å²) in [5, 5.41) is 13.5. The zero-order valence-corrected chi connectivity index (χ0v) is 9.73. The van der Waals surface area contributed by atoms with E-state index in [9.17, 15) is 14.4 Å². The van der Waals surface area contributed by atoms with Crippen LogP contribution in [0.4, 0.5) is 4.79 Å². The average molecular weight is 243 g/mol. The lowest BCUT2D eigenvalue weighted by molar-refractivity contribution is -0.136. The summed E-state index contributed by atoms with van der Waals surface area (Å²) in [6, 6.07) is -0.616. The third-order valence-electron chi connectivity index (χ3n) is 2.56. The van der Waals surface area contributed by atoms with Gasteiger partial charge in [-0.15, -0.1) is 0 Å². The van der Waals surface area contributed by atoms with Crippen molar-refractivity contribution >= 4 is 17.9 Å². The van der Waals surface area contributed by atoms with Crippen molar-refractivity contribution in [2.75, 3.05) is 19.6 Å². The van der Waals surface area contributed by atoms with E-state index in [1.54, 1.807) is 4.90 Å². The molecule has 3 amide bonds. The van der Waals surface area contributed by atoms with Crippen LogP contribution in [0.25, 0.3) is 0 Å². The molecule has 96 valence electrons. The topological polar surface area (TPSA) is 98.7 Å². The Balaban J connectivity index is 2.23. The van der Waals surface area contributed by atoms with Gasteiger partial charge in [0.25, 0.3) is 0 Å². The molecule has 1 unspecified atom stereocenters. The SMILES string of the molecule is CCN1CC(NC(=O)NCCC(=O)O)CC1=O. The molecule has 0 aromatic carbocycles. The third-order valence-corrected chi connectivity index (χ3v) is 2.56. The molecule has 7 heteroatoms. The van der Waals surface area contributed by atoms with E-state index in [0.29, 0.717) is 19.5 Å². The summed E-state index contributed by atoms with van der Waals surface area (Å²) in [4.78, 5) is 34.6. The molecule has 0 radical (unpaired) electrons. The number of urea groups is 1. The normalized spacial score (nSPS) is 19.2. The summed E-state index contributed by atoms with van der Waals surface area (Å²) >= 11 is 0. The number of carboxylic acids is 1. The molecular weight excluding hydrogens is 226 g/mol. The number of carbonyl (C=O) groups excluding carboxylic acids is 2. The maximum atomic E-state index is 11.4. The highest BCUT2D eigenvalue weighted by atomic mass is 16.4. The Morgan fingerprint density at radius 2 is 2.24 bits per heavy atom. The van der Waals surface area contributed by atoms with Gasteiger partial charge < -0.3 is 20.6 Å². The van der Waals surface area contributed by atoms with E-state index in [1.807, 2.05) is 6.92 Å². The van der Waals surface area contributed by atoms with Crippen molar-refractivity contribution in [1.29, 1.82) is 0 Å². The van der Waals surface area contributed by atoms with Gasteiger partial charge in [-0.3, -0.25) is 9.59 Å². The standard InChI is InChI=1S/C10H17N3O4/c1-2-13-6-7(5-8(13)14)12-10(17)11-4-3-9(15)16/h7H,2-6H2,1H3,(H,15,16)(H2,11,12,17). The van der Waals surface area contributed by atoms with Gasteiger partial charge in [-0.25, -0.2) is 4.79 Å². The highest BCUT2D eigenvalue weighted by Gasteiger charge is 2.29. The number of nitrogens with one attached hydrogen (secondary N) is 2. The highest BCUT2D eigenvalue weighted by Crippen LogP contribution is 2.09. The number of aliphatic carboxylic acids is 1. The minimum Gasteiger partial charge on any atom is -0.481 e. The lowest BCUT2D eigenvalue weighted by Crippen LogP contribution is -2.43. The number of amides is 3. The van der Waals surface area contributed by atoms with Gasteiger partial charge in [0, 0.05) is 26.1 Å². The first kappa shape index (κ1) is 13.3.